The number of hydrogen-bond donors (Lipinski definition) is 1. The standard InChI is InChI=1S/C19H26N2O4/c1-12-9-13(2)17(14(3)10-12)11-18(23)20-25-19(24)16-5-7-21(8-6-16)15(4)22/h9-10,16H,5-8,11H2,1-4H3,(H,20,23). The van der Waals surface area contributed by atoms with Crippen LogP contribution in [0.25, 0.3) is 0 Å². The van der Waals surface area contributed by atoms with E-state index in [2.05, 4.69) is 5.48 Å². The van der Waals surface area contributed by atoms with Gasteiger partial charge in [0.2, 0.25) is 5.91 Å². The summed E-state index contributed by atoms with van der Waals surface area (Å²) in [6.45, 7) is 8.57. The first-order valence-electron chi connectivity index (χ1n) is 8.59. The summed E-state index contributed by atoms with van der Waals surface area (Å²) >= 11 is 0. The van der Waals surface area contributed by atoms with Crippen molar-refractivity contribution in [2.45, 2.75) is 47.0 Å². The van der Waals surface area contributed by atoms with E-state index in [-0.39, 0.29) is 24.2 Å². The molecule has 0 saturated carbocycles. The molecular formula is C19H26N2O4. The number of amides is 2. The van der Waals surface area contributed by atoms with Gasteiger partial charge in [-0.1, -0.05) is 17.7 Å². The van der Waals surface area contributed by atoms with Crippen LogP contribution in [0.4, 0.5) is 0 Å². The van der Waals surface area contributed by atoms with Gasteiger partial charge in [0.25, 0.3) is 5.91 Å². The summed E-state index contributed by atoms with van der Waals surface area (Å²) in [5.74, 6) is -1.04. The molecule has 0 atom stereocenters. The molecule has 1 aliphatic heterocycles. The monoisotopic (exact) mass is 346 g/mol. The number of piperidine rings is 1. The maximum Gasteiger partial charge on any atom is 0.335 e. The Morgan fingerprint density at radius 2 is 1.68 bits per heavy atom. The third kappa shape index (κ3) is 5.05. The Hall–Kier alpha value is -2.37. The fourth-order valence-electron chi connectivity index (χ4n) is 3.31. The van der Waals surface area contributed by atoms with Gasteiger partial charge in [0.15, 0.2) is 0 Å². The molecule has 25 heavy (non-hydrogen) atoms. The van der Waals surface area contributed by atoms with E-state index in [9.17, 15) is 14.4 Å². The van der Waals surface area contributed by atoms with Gasteiger partial charge in [-0.3, -0.25) is 9.59 Å². The van der Waals surface area contributed by atoms with Crippen LogP contribution in [0.5, 0.6) is 0 Å². The highest BCUT2D eigenvalue weighted by atomic mass is 16.7. The lowest BCUT2D eigenvalue weighted by Gasteiger charge is -2.29. The highest BCUT2D eigenvalue weighted by Gasteiger charge is 2.27. The second-order valence-electron chi connectivity index (χ2n) is 6.78. The van der Waals surface area contributed by atoms with Gasteiger partial charge in [-0.2, -0.15) is 5.48 Å². The molecule has 2 amide bonds. The van der Waals surface area contributed by atoms with Gasteiger partial charge in [-0.25, -0.2) is 4.79 Å². The summed E-state index contributed by atoms with van der Waals surface area (Å²) in [4.78, 5) is 42.1. The molecule has 1 fully saturated rings. The van der Waals surface area contributed by atoms with Crippen molar-refractivity contribution in [3.8, 4) is 0 Å². The molecule has 1 aliphatic rings. The molecule has 6 nitrogen and oxygen atoms in total. The number of carbonyl (C=O) groups is 3. The summed E-state index contributed by atoms with van der Waals surface area (Å²) in [6, 6.07) is 4.06. The van der Waals surface area contributed by atoms with Crippen LogP contribution in [0.15, 0.2) is 12.1 Å². The third-order valence-corrected chi connectivity index (χ3v) is 4.72. The quantitative estimate of drug-likeness (QED) is 0.849. The molecule has 0 radical (unpaired) electrons. The van der Waals surface area contributed by atoms with Crippen molar-refractivity contribution in [3.63, 3.8) is 0 Å². The molecule has 136 valence electrons. The predicted molar refractivity (Wildman–Crippen MR) is 93.6 cm³/mol. The molecule has 0 spiro atoms. The molecule has 2 rings (SSSR count). The highest BCUT2D eigenvalue weighted by Crippen LogP contribution is 2.19. The van der Waals surface area contributed by atoms with Crippen LogP contribution in [0.3, 0.4) is 0 Å². The van der Waals surface area contributed by atoms with E-state index >= 15 is 0 Å². The number of likely N-dealkylation sites (tertiary alicyclic amines) is 1. The van der Waals surface area contributed by atoms with E-state index in [1.54, 1.807) is 4.90 Å². The first-order valence-corrected chi connectivity index (χ1v) is 8.59. The number of aryl methyl sites for hydroxylation is 3. The summed E-state index contributed by atoms with van der Waals surface area (Å²) < 4.78 is 0. The number of benzene rings is 1. The van der Waals surface area contributed by atoms with Crippen LogP contribution in [0, 0.1) is 26.7 Å². The molecule has 0 aliphatic carbocycles. The van der Waals surface area contributed by atoms with Gasteiger partial charge < -0.3 is 9.74 Å². The summed E-state index contributed by atoms with van der Waals surface area (Å²) in [5.41, 5.74) is 6.47. The fraction of sp³-hybridized carbons (Fsp3) is 0.526. The van der Waals surface area contributed by atoms with Crippen molar-refractivity contribution in [1.82, 2.24) is 10.4 Å². The van der Waals surface area contributed by atoms with Crippen molar-refractivity contribution >= 4 is 17.8 Å². The molecule has 1 aromatic rings. The largest absolute Gasteiger partial charge is 0.343 e. The molecule has 1 heterocycles. The van der Waals surface area contributed by atoms with Gasteiger partial charge in [0.1, 0.15) is 0 Å². The molecule has 6 heteroatoms. The summed E-state index contributed by atoms with van der Waals surface area (Å²) in [6.07, 6.45) is 1.29. The number of nitrogens with zero attached hydrogens (tertiary/aromatic N) is 1. The zero-order valence-electron chi connectivity index (χ0n) is 15.3. The molecule has 1 saturated heterocycles. The van der Waals surface area contributed by atoms with Crippen LogP contribution < -0.4 is 5.48 Å². The van der Waals surface area contributed by atoms with Crippen LogP contribution in [0.1, 0.15) is 42.0 Å². The number of hydroxylamine groups is 1. The summed E-state index contributed by atoms with van der Waals surface area (Å²) in [7, 11) is 0. The number of hydrogen-bond acceptors (Lipinski definition) is 4. The Morgan fingerprint density at radius 1 is 1.12 bits per heavy atom. The lowest BCUT2D eigenvalue weighted by molar-refractivity contribution is -0.164. The van der Waals surface area contributed by atoms with E-state index < -0.39 is 5.97 Å². The van der Waals surface area contributed by atoms with Crippen LogP contribution in [-0.4, -0.2) is 35.8 Å². The Kier molecular flexibility index (Phi) is 6.17. The number of nitrogens with one attached hydrogen (secondary N) is 1. The van der Waals surface area contributed by atoms with Crippen molar-refractivity contribution < 1.29 is 19.2 Å². The van der Waals surface area contributed by atoms with Crippen molar-refractivity contribution in [3.05, 3.63) is 34.4 Å². The average Bonchev–Trinajstić information content (AvgIpc) is 2.56. The number of rotatable bonds is 3. The second-order valence-corrected chi connectivity index (χ2v) is 6.78. The minimum absolute atomic E-state index is 0.0176. The van der Waals surface area contributed by atoms with E-state index in [4.69, 9.17) is 4.84 Å². The average molecular weight is 346 g/mol. The Balaban J connectivity index is 1.82. The SMILES string of the molecule is CC(=O)N1CCC(C(=O)ONC(=O)Cc2c(C)cc(C)cc2C)CC1. The van der Waals surface area contributed by atoms with Gasteiger partial charge in [0, 0.05) is 20.0 Å². The molecule has 1 aromatic carbocycles. The highest BCUT2D eigenvalue weighted by molar-refractivity contribution is 5.81. The van der Waals surface area contributed by atoms with Gasteiger partial charge in [0.05, 0.1) is 12.3 Å². The van der Waals surface area contributed by atoms with E-state index in [1.807, 2.05) is 32.9 Å². The Bertz CT molecular complexity index is 653. The zero-order valence-corrected chi connectivity index (χ0v) is 15.3. The lowest BCUT2D eigenvalue weighted by atomic mass is 9.97. The summed E-state index contributed by atoms with van der Waals surface area (Å²) in [5, 5.41) is 0. The Morgan fingerprint density at radius 3 is 2.20 bits per heavy atom. The van der Waals surface area contributed by atoms with E-state index in [0.717, 1.165) is 22.3 Å². The smallest absolute Gasteiger partial charge is 0.335 e. The topological polar surface area (TPSA) is 75.7 Å². The van der Waals surface area contributed by atoms with Crippen LogP contribution >= 0.6 is 0 Å². The van der Waals surface area contributed by atoms with Crippen molar-refractivity contribution in [2.24, 2.45) is 5.92 Å². The van der Waals surface area contributed by atoms with Crippen molar-refractivity contribution in [2.75, 3.05) is 13.1 Å². The zero-order chi connectivity index (χ0) is 18.6. The van der Waals surface area contributed by atoms with Crippen LogP contribution in [0.2, 0.25) is 0 Å². The maximum atomic E-state index is 12.1. The minimum atomic E-state index is -0.436. The van der Waals surface area contributed by atoms with Crippen molar-refractivity contribution in [1.29, 1.82) is 0 Å². The molecule has 0 aromatic heterocycles. The lowest BCUT2D eigenvalue weighted by Crippen LogP contribution is -2.41. The van der Waals surface area contributed by atoms with E-state index in [0.29, 0.717) is 25.9 Å². The Labute approximate surface area is 148 Å². The molecule has 0 unspecified atom stereocenters. The number of carbonyl (C=O) groups excluding carboxylic acids is 3. The molecular weight excluding hydrogens is 320 g/mol. The fourth-order valence-corrected chi connectivity index (χ4v) is 3.31. The second kappa shape index (κ2) is 8.14. The van der Waals surface area contributed by atoms with Gasteiger partial charge >= 0.3 is 5.97 Å². The minimum Gasteiger partial charge on any atom is -0.343 e. The first kappa shape index (κ1) is 19.0. The maximum absolute atomic E-state index is 12.1. The van der Waals surface area contributed by atoms with Gasteiger partial charge in [-0.05, 0) is 50.3 Å². The van der Waals surface area contributed by atoms with E-state index in [1.165, 1.54) is 6.92 Å². The predicted octanol–water partition coefficient (Wildman–Crippen LogP) is 1.99. The van der Waals surface area contributed by atoms with Gasteiger partial charge in [-0.15, -0.1) is 0 Å². The third-order valence-electron chi connectivity index (χ3n) is 4.72. The normalized spacial score (nSPS) is 15.0. The first-order chi connectivity index (χ1) is 11.8. The van der Waals surface area contributed by atoms with Crippen LogP contribution in [-0.2, 0) is 25.6 Å². The molecule has 0 bridgehead atoms. The molecule has 1 N–H and O–H groups in total.